The normalized spacial score (nSPS) is 16.6. The van der Waals surface area contributed by atoms with Crippen molar-refractivity contribution in [1.82, 2.24) is 19.6 Å². The van der Waals surface area contributed by atoms with Crippen molar-refractivity contribution in [2.45, 2.75) is 25.6 Å². The van der Waals surface area contributed by atoms with Gasteiger partial charge in [-0.25, -0.2) is 0 Å². The molecular weight excluding hydrogens is 348 g/mol. The van der Waals surface area contributed by atoms with Crippen molar-refractivity contribution in [2.24, 2.45) is 0 Å². The van der Waals surface area contributed by atoms with Crippen LogP contribution in [-0.4, -0.2) is 52.2 Å². The van der Waals surface area contributed by atoms with Crippen LogP contribution < -0.4 is 0 Å². The van der Waals surface area contributed by atoms with Crippen LogP contribution in [0.2, 0.25) is 0 Å². The Morgan fingerprint density at radius 3 is 2.75 bits per heavy atom. The topological polar surface area (TPSA) is 41.4 Å². The summed E-state index contributed by atoms with van der Waals surface area (Å²) in [5.41, 5.74) is 4.59. The summed E-state index contributed by atoms with van der Waals surface area (Å²) in [5.74, 6) is 0.0644. The van der Waals surface area contributed by atoms with E-state index >= 15 is 0 Å². The SMILES string of the molecule is CN(C[C@H]1Cc2ccccc2CN1C)C(=O)c1cccc(Cn2cccn2)c1. The first-order valence-electron chi connectivity index (χ1n) is 9.69. The van der Waals surface area contributed by atoms with Gasteiger partial charge in [0.2, 0.25) is 0 Å². The van der Waals surface area contributed by atoms with Crippen molar-refractivity contribution in [3.05, 3.63) is 89.2 Å². The van der Waals surface area contributed by atoms with Crippen LogP contribution >= 0.6 is 0 Å². The molecule has 0 unspecified atom stereocenters. The number of aromatic nitrogens is 2. The van der Waals surface area contributed by atoms with Gasteiger partial charge in [0.1, 0.15) is 0 Å². The molecule has 0 radical (unpaired) electrons. The zero-order valence-electron chi connectivity index (χ0n) is 16.5. The molecule has 0 fully saturated rings. The van der Waals surface area contributed by atoms with Crippen molar-refractivity contribution in [1.29, 1.82) is 0 Å². The molecule has 144 valence electrons. The van der Waals surface area contributed by atoms with Crippen LogP contribution in [0.25, 0.3) is 0 Å². The summed E-state index contributed by atoms with van der Waals surface area (Å²) >= 11 is 0. The number of fused-ring (bicyclic) bond motifs is 1. The molecule has 2 aromatic carbocycles. The molecule has 0 aliphatic carbocycles. The summed E-state index contributed by atoms with van der Waals surface area (Å²) in [5, 5.41) is 4.24. The average Bonchev–Trinajstić information content (AvgIpc) is 3.21. The molecule has 28 heavy (non-hydrogen) atoms. The molecule has 3 aromatic rings. The van der Waals surface area contributed by atoms with Gasteiger partial charge in [-0.15, -0.1) is 0 Å². The molecule has 0 saturated heterocycles. The third-order valence-electron chi connectivity index (χ3n) is 5.53. The number of likely N-dealkylation sites (N-methyl/N-ethyl adjacent to an activating group) is 2. The van der Waals surface area contributed by atoms with E-state index in [0.717, 1.165) is 24.1 Å². The highest BCUT2D eigenvalue weighted by atomic mass is 16.2. The van der Waals surface area contributed by atoms with Crippen LogP contribution in [-0.2, 0) is 19.5 Å². The molecule has 5 heteroatoms. The molecule has 0 saturated carbocycles. The maximum Gasteiger partial charge on any atom is 0.253 e. The minimum atomic E-state index is 0.0644. The van der Waals surface area contributed by atoms with Crippen LogP contribution in [0.3, 0.4) is 0 Å². The van der Waals surface area contributed by atoms with Crippen LogP contribution in [0.4, 0.5) is 0 Å². The third kappa shape index (κ3) is 3.99. The van der Waals surface area contributed by atoms with E-state index in [1.54, 1.807) is 6.20 Å². The summed E-state index contributed by atoms with van der Waals surface area (Å²) < 4.78 is 1.86. The number of carbonyl (C=O) groups excluding carboxylic acids is 1. The van der Waals surface area contributed by atoms with Gasteiger partial charge < -0.3 is 4.90 Å². The lowest BCUT2D eigenvalue weighted by atomic mass is 9.94. The van der Waals surface area contributed by atoms with Crippen molar-refractivity contribution in [3.8, 4) is 0 Å². The molecule has 0 bridgehead atoms. The van der Waals surface area contributed by atoms with Crippen LogP contribution in [0, 0.1) is 0 Å². The smallest absolute Gasteiger partial charge is 0.253 e. The highest BCUT2D eigenvalue weighted by Gasteiger charge is 2.25. The lowest BCUT2D eigenvalue weighted by Crippen LogP contribution is -2.46. The molecule has 1 amide bonds. The van der Waals surface area contributed by atoms with Crippen LogP contribution in [0.15, 0.2) is 67.0 Å². The maximum atomic E-state index is 13.0. The van der Waals surface area contributed by atoms with Gasteiger partial charge in [0, 0.05) is 44.1 Å². The summed E-state index contributed by atoms with van der Waals surface area (Å²) in [6, 6.07) is 18.7. The van der Waals surface area contributed by atoms with Gasteiger partial charge in [-0.2, -0.15) is 5.10 Å². The second kappa shape index (κ2) is 7.98. The Balaban J connectivity index is 1.44. The van der Waals surface area contributed by atoms with Gasteiger partial charge in [-0.3, -0.25) is 14.4 Å². The number of hydrogen-bond acceptors (Lipinski definition) is 3. The fourth-order valence-electron chi connectivity index (χ4n) is 3.93. The number of benzene rings is 2. The highest BCUT2D eigenvalue weighted by molar-refractivity contribution is 5.94. The lowest BCUT2D eigenvalue weighted by molar-refractivity contribution is 0.0733. The van der Waals surface area contributed by atoms with E-state index < -0.39 is 0 Å². The molecule has 2 heterocycles. The van der Waals surface area contributed by atoms with Crippen LogP contribution in [0.5, 0.6) is 0 Å². The molecular formula is C23H26N4O. The minimum absolute atomic E-state index is 0.0644. The first-order valence-corrected chi connectivity index (χ1v) is 9.69. The third-order valence-corrected chi connectivity index (χ3v) is 5.53. The quantitative estimate of drug-likeness (QED) is 0.689. The van der Waals surface area contributed by atoms with E-state index in [1.165, 1.54) is 11.1 Å². The van der Waals surface area contributed by atoms with Gasteiger partial charge in [-0.05, 0) is 48.4 Å². The second-order valence-electron chi connectivity index (χ2n) is 7.63. The largest absolute Gasteiger partial charge is 0.340 e. The molecule has 5 nitrogen and oxygen atoms in total. The number of amides is 1. The Morgan fingerprint density at radius 2 is 1.96 bits per heavy atom. The summed E-state index contributed by atoms with van der Waals surface area (Å²) in [4.78, 5) is 17.2. The van der Waals surface area contributed by atoms with E-state index in [-0.39, 0.29) is 5.91 Å². The maximum absolute atomic E-state index is 13.0. The highest BCUT2D eigenvalue weighted by Crippen LogP contribution is 2.22. The number of nitrogens with zero attached hydrogens (tertiary/aromatic N) is 4. The summed E-state index contributed by atoms with van der Waals surface area (Å²) in [6.45, 7) is 2.31. The molecule has 1 atom stereocenters. The Kier molecular flexibility index (Phi) is 5.26. The zero-order chi connectivity index (χ0) is 19.5. The second-order valence-corrected chi connectivity index (χ2v) is 7.63. The van der Waals surface area contributed by atoms with Crippen LogP contribution in [0.1, 0.15) is 27.0 Å². The summed E-state index contributed by atoms with van der Waals surface area (Å²) in [7, 11) is 4.04. The molecule has 0 N–H and O–H groups in total. The Hall–Kier alpha value is -2.92. The number of hydrogen-bond donors (Lipinski definition) is 0. The van der Waals surface area contributed by atoms with Gasteiger partial charge in [0.25, 0.3) is 5.91 Å². The Morgan fingerprint density at radius 1 is 1.14 bits per heavy atom. The predicted molar refractivity (Wildman–Crippen MR) is 110 cm³/mol. The fourth-order valence-corrected chi connectivity index (χ4v) is 3.93. The first kappa shape index (κ1) is 18.4. The van der Waals surface area contributed by atoms with Gasteiger partial charge in [-0.1, -0.05) is 36.4 Å². The standard InChI is InChI=1S/C23H26N4O/c1-25-16-21-9-4-3-8-19(21)14-22(25)17-26(2)23(28)20-10-5-7-18(13-20)15-27-12-6-11-24-27/h3-13,22H,14-17H2,1-2H3/t22-/m1/s1. The predicted octanol–water partition coefficient (Wildman–Crippen LogP) is 3.06. The van der Waals surface area contributed by atoms with Gasteiger partial charge in [0.15, 0.2) is 0 Å². The van der Waals surface area contributed by atoms with E-state index in [1.807, 2.05) is 53.2 Å². The van der Waals surface area contributed by atoms with Crippen molar-refractivity contribution >= 4 is 5.91 Å². The monoisotopic (exact) mass is 374 g/mol. The first-order chi connectivity index (χ1) is 13.6. The fraction of sp³-hybridized carbons (Fsp3) is 0.304. The van der Waals surface area contributed by atoms with Crippen molar-refractivity contribution in [3.63, 3.8) is 0 Å². The molecule has 1 aliphatic rings. The zero-order valence-corrected chi connectivity index (χ0v) is 16.5. The van der Waals surface area contributed by atoms with E-state index in [4.69, 9.17) is 0 Å². The van der Waals surface area contributed by atoms with E-state index in [2.05, 4.69) is 41.3 Å². The molecule has 1 aliphatic heterocycles. The van der Waals surface area contributed by atoms with Gasteiger partial charge in [0.05, 0.1) is 6.54 Å². The van der Waals surface area contributed by atoms with Crippen molar-refractivity contribution < 1.29 is 4.79 Å². The minimum Gasteiger partial charge on any atom is -0.340 e. The van der Waals surface area contributed by atoms with E-state index in [9.17, 15) is 4.79 Å². The molecule has 1 aromatic heterocycles. The molecule has 0 spiro atoms. The Labute approximate surface area is 166 Å². The average molecular weight is 374 g/mol. The number of carbonyl (C=O) groups is 1. The Bertz CT molecular complexity index is 951. The number of rotatable bonds is 5. The molecule has 4 rings (SSSR count). The van der Waals surface area contributed by atoms with Crippen molar-refractivity contribution in [2.75, 3.05) is 20.6 Å². The lowest BCUT2D eigenvalue weighted by Gasteiger charge is -2.36. The van der Waals surface area contributed by atoms with E-state index in [0.29, 0.717) is 19.1 Å². The summed E-state index contributed by atoms with van der Waals surface area (Å²) in [6.07, 6.45) is 4.67. The van der Waals surface area contributed by atoms with Gasteiger partial charge >= 0.3 is 0 Å².